The van der Waals surface area contributed by atoms with Crippen molar-refractivity contribution >= 4 is 39.9 Å². The van der Waals surface area contributed by atoms with Gasteiger partial charge in [-0.05, 0) is 29.7 Å². The number of benzene rings is 1. The molecule has 0 aromatic heterocycles. The van der Waals surface area contributed by atoms with Gasteiger partial charge in [-0.2, -0.15) is 0 Å². The SMILES string of the molecule is CCC(C)[C@@H](N)c1cc(Br)ccc1Cl.Cl. The average Bonchev–Trinajstić information content (AvgIpc) is 2.19. The summed E-state index contributed by atoms with van der Waals surface area (Å²) in [6.45, 7) is 4.28. The van der Waals surface area contributed by atoms with Gasteiger partial charge in [-0.25, -0.2) is 0 Å². The van der Waals surface area contributed by atoms with Crippen LogP contribution in [0, 0.1) is 5.92 Å². The van der Waals surface area contributed by atoms with Gasteiger partial charge in [0.15, 0.2) is 0 Å². The molecule has 2 atom stereocenters. The van der Waals surface area contributed by atoms with E-state index in [1.54, 1.807) is 0 Å². The van der Waals surface area contributed by atoms with E-state index < -0.39 is 0 Å². The summed E-state index contributed by atoms with van der Waals surface area (Å²) in [7, 11) is 0. The van der Waals surface area contributed by atoms with Gasteiger partial charge in [-0.3, -0.25) is 0 Å². The topological polar surface area (TPSA) is 26.0 Å². The fourth-order valence-corrected chi connectivity index (χ4v) is 1.95. The summed E-state index contributed by atoms with van der Waals surface area (Å²) >= 11 is 9.51. The Morgan fingerprint density at radius 1 is 1.47 bits per heavy atom. The molecule has 86 valence electrons. The molecule has 0 amide bonds. The van der Waals surface area contributed by atoms with Crippen LogP contribution in [0.1, 0.15) is 31.9 Å². The maximum absolute atomic E-state index is 6.11. The molecule has 0 saturated heterocycles. The number of nitrogens with two attached hydrogens (primary N) is 1. The van der Waals surface area contributed by atoms with E-state index in [2.05, 4.69) is 29.8 Å². The van der Waals surface area contributed by atoms with Crippen molar-refractivity contribution < 1.29 is 0 Å². The van der Waals surface area contributed by atoms with Crippen LogP contribution in [0.25, 0.3) is 0 Å². The van der Waals surface area contributed by atoms with Crippen molar-refractivity contribution in [1.82, 2.24) is 0 Å². The van der Waals surface area contributed by atoms with Gasteiger partial charge >= 0.3 is 0 Å². The van der Waals surface area contributed by atoms with E-state index >= 15 is 0 Å². The molecule has 15 heavy (non-hydrogen) atoms. The second-order valence-electron chi connectivity index (χ2n) is 3.58. The lowest BCUT2D eigenvalue weighted by molar-refractivity contribution is 0.457. The second-order valence-corrected chi connectivity index (χ2v) is 4.90. The Bertz CT molecular complexity index is 317. The molecule has 0 saturated carbocycles. The molecule has 0 heterocycles. The summed E-state index contributed by atoms with van der Waals surface area (Å²) in [5.74, 6) is 0.446. The van der Waals surface area contributed by atoms with Gasteiger partial charge in [-0.15, -0.1) is 12.4 Å². The molecule has 2 N–H and O–H groups in total. The van der Waals surface area contributed by atoms with Crippen molar-refractivity contribution in [2.75, 3.05) is 0 Å². The number of hydrogen-bond acceptors (Lipinski definition) is 1. The Balaban J connectivity index is 0.00000196. The van der Waals surface area contributed by atoms with Gasteiger partial charge < -0.3 is 5.73 Å². The minimum atomic E-state index is 0. The summed E-state index contributed by atoms with van der Waals surface area (Å²) in [6.07, 6.45) is 1.06. The molecular weight excluding hydrogens is 297 g/mol. The van der Waals surface area contributed by atoms with Crippen molar-refractivity contribution in [2.24, 2.45) is 11.7 Å². The highest BCUT2D eigenvalue weighted by Crippen LogP contribution is 2.30. The monoisotopic (exact) mass is 311 g/mol. The van der Waals surface area contributed by atoms with Gasteiger partial charge in [0.25, 0.3) is 0 Å². The summed E-state index contributed by atoms with van der Waals surface area (Å²) in [6, 6.07) is 5.82. The fraction of sp³-hybridized carbons (Fsp3) is 0.455. The molecule has 0 aliphatic heterocycles. The molecule has 1 aromatic rings. The minimum Gasteiger partial charge on any atom is -0.324 e. The Labute approximate surface area is 111 Å². The van der Waals surface area contributed by atoms with Crippen LogP contribution in [0.4, 0.5) is 0 Å². The molecule has 4 heteroatoms. The number of rotatable bonds is 3. The van der Waals surface area contributed by atoms with Crippen molar-refractivity contribution in [1.29, 1.82) is 0 Å². The van der Waals surface area contributed by atoms with E-state index in [0.717, 1.165) is 21.5 Å². The first-order valence-corrected chi connectivity index (χ1v) is 5.94. The maximum atomic E-state index is 6.11. The Morgan fingerprint density at radius 3 is 2.60 bits per heavy atom. The molecule has 0 aliphatic rings. The molecule has 1 nitrogen and oxygen atoms in total. The predicted octanol–water partition coefficient (Wildman–Crippen LogP) is 4.57. The van der Waals surface area contributed by atoms with Gasteiger partial charge in [0.2, 0.25) is 0 Å². The molecule has 1 aromatic carbocycles. The van der Waals surface area contributed by atoms with Crippen molar-refractivity contribution in [3.05, 3.63) is 33.3 Å². The highest BCUT2D eigenvalue weighted by Gasteiger charge is 2.16. The quantitative estimate of drug-likeness (QED) is 0.869. The normalized spacial score (nSPS) is 14.2. The number of halogens is 3. The van der Waals surface area contributed by atoms with Crippen molar-refractivity contribution in [3.8, 4) is 0 Å². The van der Waals surface area contributed by atoms with Gasteiger partial charge in [0, 0.05) is 15.5 Å². The third-order valence-electron chi connectivity index (χ3n) is 2.57. The third kappa shape index (κ3) is 3.95. The molecule has 1 unspecified atom stereocenters. The Hall–Kier alpha value is 0.240. The van der Waals surface area contributed by atoms with Gasteiger partial charge in [0.1, 0.15) is 0 Å². The van der Waals surface area contributed by atoms with Crippen LogP contribution in [0.15, 0.2) is 22.7 Å². The zero-order valence-electron chi connectivity index (χ0n) is 8.84. The highest BCUT2D eigenvalue weighted by molar-refractivity contribution is 9.10. The molecule has 1 rings (SSSR count). The van der Waals surface area contributed by atoms with E-state index in [1.165, 1.54) is 0 Å². The van der Waals surface area contributed by atoms with Crippen LogP contribution in [0.2, 0.25) is 5.02 Å². The van der Waals surface area contributed by atoms with Crippen molar-refractivity contribution in [2.45, 2.75) is 26.3 Å². The Morgan fingerprint density at radius 2 is 2.07 bits per heavy atom. The van der Waals surface area contributed by atoms with Crippen LogP contribution >= 0.6 is 39.9 Å². The molecular formula is C11H16BrCl2N. The molecule has 0 spiro atoms. The zero-order chi connectivity index (χ0) is 10.7. The smallest absolute Gasteiger partial charge is 0.0454 e. The van der Waals surface area contributed by atoms with E-state index in [-0.39, 0.29) is 18.4 Å². The predicted molar refractivity (Wildman–Crippen MR) is 72.8 cm³/mol. The first-order chi connectivity index (χ1) is 6.56. The van der Waals surface area contributed by atoms with Gasteiger partial charge in [-0.1, -0.05) is 47.8 Å². The first-order valence-electron chi connectivity index (χ1n) is 4.76. The summed E-state index contributed by atoms with van der Waals surface area (Å²) in [5, 5.41) is 0.751. The summed E-state index contributed by atoms with van der Waals surface area (Å²) < 4.78 is 1.02. The summed E-state index contributed by atoms with van der Waals surface area (Å²) in [4.78, 5) is 0. The largest absolute Gasteiger partial charge is 0.324 e. The van der Waals surface area contributed by atoms with E-state index in [1.807, 2.05) is 18.2 Å². The van der Waals surface area contributed by atoms with Crippen molar-refractivity contribution in [3.63, 3.8) is 0 Å². The lowest BCUT2D eigenvalue weighted by atomic mass is 9.93. The second kappa shape index (κ2) is 6.74. The van der Waals surface area contributed by atoms with Crippen LogP contribution in [0.3, 0.4) is 0 Å². The summed E-state index contributed by atoms with van der Waals surface area (Å²) in [5.41, 5.74) is 7.14. The maximum Gasteiger partial charge on any atom is 0.0454 e. The van der Waals surface area contributed by atoms with E-state index in [0.29, 0.717) is 5.92 Å². The highest BCUT2D eigenvalue weighted by atomic mass is 79.9. The van der Waals surface area contributed by atoms with Crippen LogP contribution in [-0.2, 0) is 0 Å². The lowest BCUT2D eigenvalue weighted by Gasteiger charge is -2.20. The third-order valence-corrected chi connectivity index (χ3v) is 3.41. The Kier molecular flexibility index (Phi) is 6.85. The average molecular weight is 313 g/mol. The standard InChI is InChI=1S/C11H15BrClN.ClH/c1-3-7(2)11(14)9-6-8(12)4-5-10(9)13;/h4-7,11H,3,14H2,1-2H3;1H/t7?,11-;/m1./s1. The molecule has 0 aliphatic carbocycles. The fourth-order valence-electron chi connectivity index (χ4n) is 1.33. The number of hydrogen-bond donors (Lipinski definition) is 1. The van der Waals surface area contributed by atoms with Gasteiger partial charge in [0.05, 0.1) is 0 Å². The lowest BCUT2D eigenvalue weighted by Crippen LogP contribution is -2.18. The van der Waals surface area contributed by atoms with E-state index in [4.69, 9.17) is 17.3 Å². The molecule has 0 fully saturated rings. The van der Waals surface area contributed by atoms with Crippen LogP contribution < -0.4 is 5.73 Å². The molecule has 0 bridgehead atoms. The zero-order valence-corrected chi connectivity index (χ0v) is 12.0. The van der Waals surface area contributed by atoms with Crippen LogP contribution in [0.5, 0.6) is 0 Å². The van der Waals surface area contributed by atoms with Crippen LogP contribution in [-0.4, -0.2) is 0 Å². The first kappa shape index (κ1) is 15.2. The molecule has 0 radical (unpaired) electrons. The van der Waals surface area contributed by atoms with E-state index in [9.17, 15) is 0 Å². The minimum absolute atomic E-state index is 0.